The summed E-state index contributed by atoms with van der Waals surface area (Å²) >= 11 is 3.51. The van der Waals surface area contributed by atoms with Gasteiger partial charge in [-0.15, -0.1) is 0 Å². The molecule has 1 aliphatic heterocycles. The fraction of sp³-hybridized carbons (Fsp3) is 0.591. The number of amides is 2. The van der Waals surface area contributed by atoms with Crippen LogP contribution in [0.3, 0.4) is 0 Å². The second-order valence-corrected chi connectivity index (χ2v) is 10.7. The van der Waals surface area contributed by atoms with E-state index in [0.717, 1.165) is 12.8 Å². The van der Waals surface area contributed by atoms with Crippen molar-refractivity contribution in [2.75, 3.05) is 23.3 Å². The molecule has 0 spiro atoms. The number of halogens is 4. The van der Waals surface area contributed by atoms with E-state index in [9.17, 15) is 22.8 Å². The van der Waals surface area contributed by atoms with E-state index in [1.165, 1.54) is 6.20 Å². The summed E-state index contributed by atoms with van der Waals surface area (Å²) in [5.41, 5.74) is -1.58. The number of fused-ring (bicyclic) bond motifs is 1. The summed E-state index contributed by atoms with van der Waals surface area (Å²) in [5, 5.41) is 5.89. The average Bonchev–Trinajstić information content (AvgIpc) is 3.45. The number of carbonyl (C=O) groups is 2. The highest BCUT2D eigenvalue weighted by molar-refractivity contribution is 9.10. The first kappa shape index (κ1) is 24.6. The maximum atomic E-state index is 13.4. The Hall–Kier alpha value is -2.50. The van der Waals surface area contributed by atoms with E-state index in [1.54, 1.807) is 27.0 Å². The molecule has 0 radical (unpaired) electrons. The van der Waals surface area contributed by atoms with Gasteiger partial charge in [0.15, 0.2) is 0 Å². The number of nitrogens with one attached hydrogen (secondary N) is 3. The lowest BCUT2D eigenvalue weighted by Gasteiger charge is -2.36. The molecule has 2 amide bonds. The summed E-state index contributed by atoms with van der Waals surface area (Å²) in [5.74, 6) is -1.06. The Balaban J connectivity index is 1.59. The van der Waals surface area contributed by atoms with Crippen LogP contribution in [0.15, 0.2) is 16.9 Å². The minimum absolute atomic E-state index is 0.185. The van der Waals surface area contributed by atoms with Crippen LogP contribution < -0.4 is 15.5 Å². The van der Waals surface area contributed by atoms with Crippen molar-refractivity contribution in [1.29, 1.82) is 0 Å². The van der Waals surface area contributed by atoms with Gasteiger partial charge in [-0.3, -0.25) is 4.79 Å². The molecular formula is C22H27BrF3N5O3. The van der Waals surface area contributed by atoms with Crippen LogP contribution in [-0.2, 0) is 9.53 Å². The first-order chi connectivity index (χ1) is 15.8. The maximum absolute atomic E-state index is 13.4. The van der Waals surface area contributed by atoms with Crippen LogP contribution in [-0.4, -0.2) is 52.9 Å². The Bertz CT molecular complexity index is 1110. The fourth-order valence-electron chi connectivity index (χ4n) is 4.24. The number of alkyl halides is 3. The summed E-state index contributed by atoms with van der Waals surface area (Å²) in [7, 11) is 0. The molecule has 2 aromatic rings. The van der Waals surface area contributed by atoms with Crippen molar-refractivity contribution >= 4 is 50.3 Å². The Morgan fingerprint density at radius 1 is 1.29 bits per heavy atom. The van der Waals surface area contributed by atoms with Gasteiger partial charge in [0, 0.05) is 31.5 Å². The number of aromatic amines is 1. The number of H-pyrrole nitrogens is 1. The van der Waals surface area contributed by atoms with E-state index in [2.05, 4.69) is 36.5 Å². The lowest BCUT2D eigenvalue weighted by molar-refractivity contribution is -0.189. The normalized spacial score (nSPS) is 20.2. The predicted octanol–water partition coefficient (Wildman–Crippen LogP) is 5.10. The molecule has 12 heteroatoms. The summed E-state index contributed by atoms with van der Waals surface area (Å²) in [6.45, 7) is 6.49. The largest absolute Gasteiger partial charge is 0.444 e. The molecule has 1 saturated carbocycles. The number of anilines is 2. The molecule has 1 atom stereocenters. The van der Waals surface area contributed by atoms with Crippen LogP contribution >= 0.6 is 15.9 Å². The quantitative estimate of drug-likeness (QED) is 0.496. The van der Waals surface area contributed by atoms with E-state index < -0.39 is 29.2 Å². The smallest absolute Gasteiger partial charge is 0.407 e. The molecule has 1 saturated heterocycles. The van der Waals surface area contributed by atoms with Gasteiger partial charge in [0.1, 0.15) is 16.7 Å². The van der Waals surface area contributed by atoms with Gasteiger partial charge < -0.3 is 25.3 Å². The molecular weight excluding hydrogens is 519 g/mol. The third kappa shape index (κ3) is 4.82. The number of hydrogen-bond donors (Lipinski definition) is 3. The highest BCUT2D eigenvalue weighted by Gasteiger charge is 2.68. The number of carbonyl (C=O) groups excluding carboxylic acids is 2. The number of pyridine rings is 1. The van der Waals surface area contributed by atoms with E-state index in [1.807, 2.05) is 4.90 Å². The average molecular weight is 546 g/mol. The van der Waals surface area contributed by atoms with Crippen molar-refractivity contribution in [2.24, 2.45) is 5.41 Å². The lowest BCUT2D eigenvalue weighted by atomic mass is 10.0. The van der Waals surface area contributed by atoms with Crippen LogP contribution in [0.4, 0.5) is 29.3 Å². The van der Waals surface area contributed by atoms with E-state index in [0.29, 0.717) is 34.3 Å². The summed E-state index contributed by atoms with van der Waals surface area (Å²) in [4.78, 5) is 34.1. The number of alkyl carbamates (subject to hydrolysis) is 1. The van der Waals surface area contributed by atoms with Crippen molar-refractivity contribution in [3.8, 4) is 0 Å². The summed E-state index contributed by atoms with van der Waals surface area (Å²) < 4.78 is 46.3. The van der Waals surface area contributed by atoms with Crippen LogP contribution in [0.2, 0.25) is 0 Å². The molecule has 0 bridgehead atoms. The van der Waals surface area contributed by atoms with Crippen LogP contribution in [0, 0.1) is 5.41 Å². The highest BCUT2D eigenvalue weighted by atomic mass is 79.9. The molecule has 0 aromatic carbocycles. The zero-order chi connectivity index (χ0) is 24.9. The molecule has 2 aromatic heterocycles. The Morgan fingerprint density at radius 2 is 2.00 bits per heavy atom. The molecule has 8 nitrogen and oxygen atoms in total. The second kappa shape index (κ2) is 8.62. The Morgan fingerprint density at radius 3 is 2.62 bits per heavy atom. The molecule has 1 aliphatic carbocycles. The van der Waals surface area contributed by atoms with Crippen LogP contribution in [0.1, 0.15) is 46.5 Å². The number of rotatable bonds is 4. The van der Waals surface area contributed by atoms with Gasteiger partial charge in [-0.1, -0.05) is 0 Å². The standard InChI is InChI=1S/C22H27BrF3N5O3/c1-20(2,3)34-19(33)29-12-5-4-8-31(11-12)16-13(23)9-27-17-15(16)14(10-28-17)30-18(32)21(6-7-21)22(24,25)26/h9-10,12H,4-8,11H2,1-3H3,(H,27,28)(H,29,33)(H,30,32). The zero-order valence-corrected chi connectivity index (χ0v) is 20.7. The van der Waals surface area contributed by atoms with Gasteiger partial charge in [0.05, 0.1) is 21.2 Å². The van der Waals surface area contributed by atoms with Crippen molar-refractivity contribution in [3.63, 3.8) is 0 Å². The molecule has 2 fully saturated rings. The first-order valence-corrected chi connectivity index (χ1v) is 11.9. The number of ether oxygens (including phenoxy) is 1. The number of piperidine rings is 1. The molecule has 4 rings (SSSR count). The van der Waals surface area contributed by atoms with Crippen LogP contribution in [0.25, 0.3) is 11.0 Å². The molecule has 3 N–H and O–H groups in total. The van der Waals surface area contributed by atoms with Crippen molar-refractivity contribution in [2.45, 2.75) is 64.3 Å². The molecule has 3 heterocycles. The van der Waals surface area contributed by atoms with Crippen LogP contribution in [0.5, 0.6) is 0 Å². The minimum Gasteiger partial charge on any atom is -0.444 e. The third-order valence-electron chi connectivity index (χ3n) is 6.06. The molecule has 2 aliphatic rings. The second-order valence-electron chi connectivity index (χ2n) is 9.85. The number of nitrogens with zero attached hydrogens (tertiary/aromatic N) is 2. The van der Waals surface area contributed by atoms with E-state index >= 15 is 0 Å². The monoisotopic (exact) mass is 545 g/mol. The predicted molar refractivity (Wildman–Crippen MR) is 125 cm³/mol. The third-order valence-corrected chi connectivity index (χ3v) is 6.64. The Labute approximate surface area is 203 Å². The van der Waals surface area contributed by atoms with Crippen molar-refractivity contribution < 1.29 is 27.5 Å². The van der Waals surface area contributed by atoms with E-state index in [-0.39, 0.29) is 24.6 Å². The zero-order valence-electron chi connectivity index (χ0n) is 19.1. The maximum Gasteiger partial charge on any atom is 0.407 e. The topological polar surface area (TPSA) is 99.3 Å². The SMILES string of the molecule is CC(C)(C)OC(=O)NC1CCCN(c2c(Br)cnc3[nH]cc(NC(=O)C4(C(F)(F)F)CC4)c23)C1. The fourth-order valence-corrected chi connectivity index (χ4v) is 4.79. The lowest BCUT2D eigenvalue weighted by Crippen LogP contribution is -2.49. The van der Waals surface area contributed by atoms with Gasteiger partial charge in [0.2, 0.25) is 5.91 Å². The highest BCUT2D eigenvalue weighted by Crippen LogP contribution is 2.58. The first-order valence-electron chi connectivity index (χ1n) is 11.1. The Kier molecular flexibility index (Phi) is 6.24. The van der Waals surface area contributed by atoms with Gasteiger partial charge >= 0.3 is 12.3 Å². The van der Waals surface area contributed by atoms with Crippen molar-refractivity contribution in [1.82, 2.24) is 15.3 Å². The van der Waals surface area contributed by atoms with Gasteiger partial charge in [0.25, 0.3) is 0 Å². The molecule has 186 valence electrons. The summed E-state index contributed by atoms with van der Waals surface area (Å²) in [6, 6.07) is -0.185. The number of hydrogen-bond acceptors (Lipinski definition) is 5. The van der Waals surface area contributed by atoms with E-state index in [4.69, 9.17) is 4.74 Å². The van der Waals surface area contributed by atoms with Gasteiger partial charge in [-0.2, -0.15) is 13.2 Å². The van der Waals surface area contributed by atoms with Crippen molar-refractivity contribution in [3.05, 3.63) is 16.9 Å². The number of aromatic nitrogens is 2. The molecule has 1 unspecified atom stereocenters. The molecule has 34 heavy (non-hydrogen) atoms. The summed E-state index contributed by atoms with van der Waals surface area (Å²) in [6.07, 6.45) is -0.950. The van der Waals surface area contributed by atoms with Gasteiger partial charge in [-0.05, 0) is 62.4 Å². The van der Waals surface area contributed by atoms with Gasteiger partial charge in [-0.25, -0.2) is 9.78 Å². The minimum atomic E-state index is -4.60.